The number of nitrogens with zero attached hydrogens (tertiary/aromatic N) is 1. The molecule has 0 N–H and O–H groups in total. The molecule has 3 nitrogen and oxygen atoms in total. The SMILES string of the molecule is COc1ccc(Cc2cc3ccccc3c(Cc3ccc(OC)cc3)n2)cc1. The predicted octanol–water partition coefficient (Wildman–Crippen LogP) is 5.43. The minimum atomic E-state index is 0.793. The van der Waals surface area contributed by atoms with Crippen LogP contribution in [-0.2, 0) is 12.8 Å². The Bertz CT molecular complexity index is 1070. The molecule has 0 bridgehead atoms. The average Bonchev–Trinajstić information content (AvgIpc) is 2.75. The van der Waals surface area contributed by atoms with Crippen LogP contribution in [0.3, 0.4) is 0 Å². The lowest BCUT2D eigenvalue weighted by Crippen LogP contribution is -2.00. The highest BCUT2D eigenvalue weighted by Crippen LogP contribution is 2.24. The standard InChI is InChI=1S/C25H23NO2/c1-27-22-11-7-18(8-12-22)15-21-17-20-5-3-4-6-24(20)25(26-21)16-19-9-13-23(28-2)14-10-19/h3-14,17H,15-16H2,1-2H3. The second-order valence-electron chi connectivity index (χ2n) is 6.83. The fourth-order valence-corrected chi connectivity index (χ4v) is 3.45. The molecular weight excluding hydrogens is 346 g/mol. The molecule has 3 heteroatoms. The first-order valence-corrected chi connectivity index (χ1v) is 9.38. The van der Waals surface area contributed by atoms with Crippen LogP contribution in [-0.4, -0.2) is 19.2 Å². The van der Waals surface area contributed by atoms with Crippen molar-refractivity contribution in [3.05, 3.63) is 101 Å². The van der Waals surface area contributed by atoms with Crippen molar-refractivity contribution in [1.29, 1.82) is 0 Å². The molecule has 1 heterocycles. The molecule has 0 aliphatic heterocycles. The highest BCUT2D eigenvalue weighted by Gasteiger charge is 2.08. The van der Waals surface area contributed by atoms with E-state index < -0.39 is 0 Å². The van der Waals surface area contributed by atoms with Crippen LogP contribution in [0.5, 0.6) is 11.5 Å². The van der Waals surface area contributed by atoms with Gasteiger partial charge in [0.2, 0.25) is 0 Å². The van der Waals surface area contributed by atoms with Gasteiger partial charge in [-0.15, -0.1) is 0 Å². The van der Waals surface area contributed by atoms with E-state index >= 15 is 0 Å². The number of rotatable bonds is 6. The fourth-order valence-electron chi connectivity index (χ4n) is 3.45. The lowest BCUT2D eigenvalue weighted by atomic mass is 10.0. The molecule has 0 spiro atoms. The Kier molecular flexibility index (Phi) is 5.24. The van der Waals surface area contributed by atoms with Gasteiger partial charge in [0, 0.05) is 23.9 Å². The third kappa shape index (κ3) is 3.99. The van der Waals surface area contributed by atoms with Crippen molar-refractivity contribution in [3.8, 4) is 11.5 Å². The summed E-state index contributed by atoms with van der Waals surface area (Å²) < 4.78 is 10.5. The normalized spacial score (nSPS) is 10.8. The lowest BCUT2D eigenvalue weighted by molar-refractivity contribution is 0.414. The minimum Gasteiger partial charge on any atom is -0.497 e. The molecule has 0 fully saturated rings. The Labute approximate surface area is 165 Å². The molecule has 0 aliphatic carbocycles. The monoisotopic (exact) mass is 369 g/mol. The van der Waals surface area contributed by atoms with Crippen LogP contribution >= 0.6 is 0 Å². The summed E-state index contributed by atoms with van der Waals surface area (Å²) in [5, 5.41) is 2.43. The third-order valence-electron chi connectivity index (χ3n) is 4.95. The van der Waals surface area contributed by atoms with Gasteiger partial charge < -0.3 is 9.47 Å². The Balaban J connectivity index is 1.67. The first kappa shape index (κ1) is 18.1. The number of fused-ring (bicyclic) bond motifs is 1. The van der Waals surface area contributed by atoms with Gasteiger partial charge >= 0.3 is 0 Å². The number of ether oxygens (including phenoxy) is 2. The molecular formula is C25H23NO2. The van der Waals surface area contributed by atoms with E-state index in [2.05, 4.69) is 54.6 Å². The number of aromatic nitrogens is 1. The molecule has 3 aromatic carbocycles. The maximum absolute atomic E-state index is 5.27. The van der Waals surface area contributed by atoms with Gasteiger partial charge in [-0.05, 0) is 46.8 Å². The highest BCUT2D eigenvalue weighted by molar-refractivity contribution is 5.85. The van der Waals surface area contributed by atoms with E-state index in [-0.39, 0.29) is 0 Å². The van der Waals surface area contributed by atoms with Gasteiger partial charge in [0.25, 0.3) is 0 Å². The quantitative estimate of drug-likeness (QED) is 0.454. The molecule has 1 aromatic heterocycles. The molecule has 0 saturated heterocycles. The van der Waals surface area contributed by atoms with Gasteiger partial charge in [0.1, 0.15) is 11.5 Å². The third-order valence-corrected chi connectivity index (χ3v) is 4.95. The van der Waals surface area contributed by atoms with Crippen LogP contribution < -0.4 is 9.47 Å². The number of methoxy groups -OCH3 is 2. The Morgan fingerprint density at radius 1 is 0.679 bits per heavy atom. The second kappa shape index (κ2) is 8.13. The van der Waals surface area contributed by atoms with Crippen molar-refractivity contribution in [2.24, 2.45) is 0 Å². The van der Waals surface area contributed by atoms with E-state index in [9.17, 15) is 0 Å². The maximum Gasteiger partial charge on any atom is 0.118 e. The number of pyridine rings is 1. The molecule has 0 amide bonds. The van der Waals surface area contributed by atoms with Crippen LogP contribution in [0, 0.1) is 0 Å². The zero-order valence-electron chi connectivity index (χ0n) is 16.2. The van der Waals surface area contributed by atoms with E-state index in [1.807, 2.05) is 24.3 Å². The number of benzene rings is 3. The summed E-state index contributed by atoms with van der Waals surface area (Å²) in [5.41, 5.74) is 4.62. The van der Waals surface area contributed by atoms with Gasteiger partial charge in [0.05, 0.1) is 19.9 Å². The van der Waals surface area contributed by atoms with Crippen molar-refractivity contribution in [1.82, 2.24) is 4.98 Å². The topological polar surface area (TPSA) is 31.4 Å². The van der Waals surface area contributed by atoms with Crippen molar-refractivity contribution in [2.75, 3.05) is 14.2 Å². The molecule has 0 radical (unpaired) electrons. The van der Waals surface area contributed by atoms with Crippen LogP contribution in [0.2, 0.25) is 0 Å². The van der Waals surface area contributed by atoms with E-state index in [0.29, 0.717) is 0 Å². The average molecular weight is 369 g/mol. The second-order valence-corrected chi connectivity index (χ2v) is 6.83. The first-order valence-electron chi connectivity index (χ1n) is 9.38. The minimum absolute atomic E-state index is 0.793. The van der Waals surface area contributed by atoms with E-state index in [1.165, 1.54) is 21.9 Å². The Morgan fingerprint density at radius 2 is 1.25 bits per heavy atom. The van der Waals surface area contributed by atoms with Gasteiger partial charge in [-0.25, -0.2) is 0 Å². The molecule has 28 heavy (non-hydrogen) atoms. The van der Waals surface area contributed by atoms with E-state index in [0.717, 1.165) is 35.7 Å². The Hall–Kier alpha value is -3.33. The van der Waals surface area contributed by atoms with Gasteiger partial charge in [0.15, 0.2) is 0 Å². The maximum atomic E-state index is 5.27. The van der Waals surface area contributed by atoms with Crippen molar-refractivity contribution >= 4 is 10.8 Å². The lowest BCUT2D eigenvalue weighted by Gasteiger charge is -2.11. The molecule has 0 unspecified atom stereocenters. The summed E-state index contributed by atoms with van der Waals surface area (Å²) in [6.07, 6.45) is 1.59. The summed E-state index contributed by atoms with van der Waals surface area (Å²) >= 11 is 0. The van der Waals surface area contributed by atoms with Gasteiger partial charge in [-0.2, -0.15) is 0 Å². The summed E-state index contributed by atoms with van der Waals surface area (Å²) in [4.78, 5) is 5.01. The molecule has 4 rings (SSSR count). The number of hydrogen-bond acceptors (Lipinski definition) is 3. The zero-order chi connectivity index (χ0) is 19.3. The summed E-state index contributed by atoms with van der Waals surface area (Å²) in [5.74, 6) is 1.74. The van der Waals surface area contributed by atoms with E-state index in [4.69, 9.17) is 14.5 Å². The smallest absolute Gasteiger partial charge is 0.118 e. The van der Waals surface area contributed by atoms with Crippen molar-refractivity contribution < 1.29 is 9.47 Å². The van der Waals surface area contributed by atoms with Crippen LogP contribution in [0.4, 0.5) is 0 Å². The largest absolute Gasteiger partial charge is 0.497 e. The van der Waals surface area contributed by atoms with E-state index in [1.54, 1.807) is 14.2 Å². The zero-order valence-corrected chi connectivity index (χ0v) is 16.2. The molecule has 4 aromatic rings. The Morgan fingerprint density at radius 3 is 1.86 bits per heavy atom. The predicted molar refractivity (Wildman–Crippen MR) is 113 cm³/mol. The fraction of sp³-hybridized carbons (Fsp3) is 0.160. The molecule has 140 valence electrons. The van der Waals surface area contributed by atoms with Crippen molar-refractivity contribution in [3.63, 3.8) is 0 Å². The van der Waals surface area contributed by atoms with Crippen LogP contribution in [0.1, 0.15) is 22.5 Å². The molecule has 0 aliphatic rings. The highest BCUT2D eigenvalue weighted by atomic mass is 16.5. The van der Waals surface area contributed by atoms with Crippen LogP contribution in [0.15, 0.2) is 78.9 Å². The molecule has 0 atom stereocenters. The number of hydrogen-bond donors (Lipinski definition) is 0. The summed E-state index contributed by atoms with van der Waals surface area (Å²) in [6, 6.07) is 27.0. The first-order chi connectivity index (χ1) is 13.7. The summed E-state index contributed by atoms with van der Waals surface area (Å²) in [7, 11) is 3.37. The van der Waals surface area contributed by atoms with Gasteiger partial charge in [-0.1, -0.05) is 48.5 Å². The van der Waals surface area contributed by atoms with Gasteiger partial charge in [-0.3, -0.25) is 4.98 Å². The molecule has 0 saturated carbocycles. The van der Waals surface area contributed by atoms with Crippen molar-refractivity contribution in [2.45, 2.75) is 12.8 Å². The summed E-state index contributed by atoms with van der Waals surface area (Å²) in [6.45, 7) is 0. The van der Waals surface area contributed by atoms with Crippen LogP contribution in [0.25, 0.3) is 10.8 Å².